The minimum absolute atomic E-state index is 0.228. The van der Waals surface area contributed by atoms with E-state index < -0.39 is 0 Å². The topological polar surface area (TPSA) is 119 Å². The largest absolute Gasteiger partial charge is 0.321 e. The molecule has 29 heavy (non-hydrogen) atoms. The van der Waals surface area contributed by atoms with E-state index in [4.69, 9.17) is 10.8 Å². The summed E-state index contributed by atoms with van der Waals surface area (Å²) in [6.07, 6.45) is 9.53. The van der Waals surface area contributed by atoms with Crippen molar-refractivity contribution < 1.29 is 4.79 Å². The fraction of sp³-hybridized carbons (Fsp3) is 0.143. The number of nitrogens with one attached hydrogen (secondary N) is 3. The average Bonchev–Trinajstić information content (AvgIpc) is 3.60. The number of benzene rings is 1. The van der Waals surface area contributed by atoms with Crippen LogP contribution in [0.3, 0.4) is 0 Å². The minimum Gasteiger partial charge on any atom is -0.321 e. The van der Waals surface area contributed by atoms with Crippen LogP contribution in [0.4, 0.5) is 5.69 Å². The molecule has 8 nitrogen and oxygen atoms in total. The van der Waals surface area contributed by atoms with E-state index in [0.717, 1.165) is 18.4 Å². The SMILES string of the molecule is N=CN(C(=N)c1cccc(NC(=O)c2cc(-c3cnccn3)ccn2)c1)C1CC1. The van der Waals surface area contributed by atoms with Crippen molar-refractivity contribution in [3.63, 3.8) is 0 Å². The zero-order valence-electron chi connectivity index (χ0n) is 15.5. The average molecular weight is 385 g/mol. The van der Waals surface area contributed by atoms with Crippen molar-refractivity contribution in [3.05, 3.63) is 72.4 Å². The van der Waals surface area contributed by atoms with Gasteiger partial charge in [0, 0.05) is 41.4 Å². The molecule has 0 radical (unpaired) electrons. The van der Waals surface area contributed by atoms with E-state index >= 15 is 0 Å². The smallest absolute Gasteiger partial charge is 0.274 e. The summed E-state index contributed by atoms with van der Waals surface area (Å²) in [5.74, 6) is -0.105. The lowest BCUT2D eigenvalue weighted by atomic mass is 10.1. The van der Waals surface area contributed by atoms with Crippen LogP contribution in [0.15, 0.2) is 61.2 Å². The Morgan fingerprint density at radius 2 is 2.00 bits per heavy atom. The molecule has 1 aromatic carbocycles. The first-order valence-corrected chi connectivity index (χ1v) is 9.17. The van der Waals surface area contributed by atoms with Gasteiger partial charge < -0.3 is 10.2 Å². The zero-order chi connectivity index (χ0) is 20.2. The molecule has 0 bridgehead atoms. The third-order valence-corrected chi connectivity index (χ3v) is 4.58. The fourth-order valence-electron chi connectivity index (χ4n) is 2.96. The summed E-state index contributed by atoms with van der Waals surface area (Å²) < 4.78 is 0. The summed E-state index contributed by atoms with van der Waals surface area (Å²) in [6, 6.07) is 10.7. The molecule has 0 spiro atoms. The van der Waals surface area contributed by atoms with Gasteiger partial charge in [-0.15, -0.1) is 0 Å². The zero-order valence-corrected chi connectivity index (χ0v) is 15.5. The quantitative estimate of drug-likeness (QED) is 0.445. The van der Waals surface area contributed by atoms with E-state index in [9.17, 15) is 4.79 Å². The molecule has 2 heterocycles. The predicted octanol–water partition coefficient (Wildman–Crippen LogP) is 3.19. The highest BCUT2D eigenvalue weighted by Gasteiger charge is 2.30. The van der Waals surface area contributed by atoms with Crippen LogP contribution in [0.1, 0.15) is 28.9 Å². The van der Waals surface area contributed by atoms with Crippen molar-refractivity contribution in [2.45, 2.75) is 18.9 Å². The van der Waals surface area contributed by atoms with E-state index in [1.807, 2.05) is 0 Å². The highest BCUT2D eigenvalue weighted by atomic mass is 16.1. The lowest BCUT2D eigenvalue weighted by molar-refractivity contribution is 0.102. The summed E-state index contributed by atoms with van der Waals surface area (Å²) >= 11 is 0. The van der Waals surface area contributed by atoms with Crippen molar-refractivity contribution in [3.8, 4) is 11.3 Å². The number of carbonyl (C=O) groups excluding carboxylic acids is 1. The van der Waals surface area contributed by atoms with Crippen LogP contribution < -0.4 is 5.32 Å². The highest BCUT2D eigenvalue weighted by molar-refractivity contribution is 6.06. The number of rotatable bonds is 6. The maximum absolute atomic E-state index is 12.7. The molecular weight excluding hydrogens is 366 g/mol. The highest BCUT2D eigenvalue weighted by Crippen LogP contribution is 2.27. The summed E-state index contributed by atoms with van der Waals surface area (Å²) in [4.78, 5) is 26.8. The molecule has 0 aliphatic heterocycles. The molecular formula is C21H19N7O. The van der Waals surface area contributed by atoms with Crippen LogP contribution >= 0.6 is 0 Å². The molecule has 3 aromatic rings. The lowest BCUT2D eigenvalue weighted by Gasteiger charge is -2.19. The normalized spacial score (nSPS) is 12.8. The van der Waals surface area contributed by atoms with Crippen molar-refractivity contribution in [1.29, 1.82) is 10.8 Å². The van der Waals surface area contributed by atoms with Crippen LogP contribution in [0.2, 0.25) is 0 Å². The van der Waals surface area contributed by atoms with Gasteiger partial charge in [-0.2, -0.15) is 0 Å². The van der Waals surface area contributed by atoms with Crippen LogP contribution in [-0.2, 0) is 0 Å². The number of hydrogen-bond acceptors (Lipinski definition) is 6. The number of carbonyl (C=O) groups is 1. The molecule has 2 aromatic heterocycles. The second-order valence-electron chi connectivity index (χ2n) is 6.67. The molecule has 1 fully saturated rings. The Morgan fingerprint density at radius 1 is 1.14 bits per heavy atom. The van der Waals surface area contributed by atoms with Gasteiger partial charge in [0.15, 0.2) is 0 Å². The van der Waals surface area contributed by atoms with Gasteiger partial charge in [-0.25, -0.2) is 0 Å². The first kappa shape index (κ1) is 18.4. The van der Waals surface area contributed by atoms with Crippen molar-refractivity contribution >= 4 is 23.8 Å². The van der Waals surface area contributed by atoms with E-state index in [0.29, 0.717) is 16.9 Å². The van der Waals surface area contributed by atoms with Gasteiger partial charge >= 0.3 is 0 Å². The molecule has 4 rings (SSSR count). The number of anilines is 1. The fourth-order valence-corrected chi connectivity index (χ4v) is 2.96. The first-order valence-electron chi connectivity index (χ1n) is 9.17. The van der Waals surface area contributed by atoms with Crippen LogP contribution in [0, 0.1) is 10.8 Å². The molecule has 0 atom stereocenters. The molecule has 144 valence electrons. The molecule has 1 amide bonds. The van der Waals surface area contributed by atoms with Crippen molar-refractivity contribution in [2.75, 3.05) is 5.32 Å². The van der Waals surface area contributed by atoms with Gasteiger partial charge in [0.2, 0.25) is 0 Å². The first-order chi connectivity index (χ1) is 14.2. The van der Waals surface area contributed by atoms with E-state index in [1.165, 1.54) is 6.34 Å². The number of amides is 1. The van der Waals surface area contributed by atoms with Gasteiger partial charge in [-0.3, -0.25) is 30.6 Å². The predicted molar refractivity (Wildman–Crippen MR) is 110 cm³/mol. The van der Waals surface area contributed by atoms with Crippen molar-refractivity contribution in [1.82, 2.24) is 19.9 Å². The Labute approximate surface area is 167 Å². The van der Waals surface area contributed by atoms with Gasteiger partial charge in [-0.1, -0.05) is 12.1 Å². The summed E-state index contributed by atoms with van der Waals surface area (Å²) in [7, 11) is 0. The Hall–Kier alpha value is -3.94. The second kappa shape index (κ2) is 7.97. The molecule has 0 saturated heterocycles. The maximum Gasteiger partial charge on any atom is 0.274 e. The van der Waals surface area contributed by atoms with Crippen LogP contribution in [-0.4, -0.2) is 44.0 Å². The van der Waals surface area contributed by atoms with Gasteiger partial charge in [0.1, 0.15) is 11.5 Å². The van der Waals surface area contributed by atoms with Gasteiger partial charge in [0.25, 0.3) is 5.91 Å². The molecule has 1 saturated carbocycles. The number of hydrogen-bond donors (Lipinski definition) is 3. The Kier molecular flexibility index (Phi) is 5.07. The van der Waals surface area contributed by atoms with Crippen LogP contribution in [0.25, 0.3) is 11.3 Å². The summed E-state index contributed by atoms with van der Waals surface area (Å²) in [5, 5.41) is 18.7. The summed E-state index contributed by atoms with van der Waals surface area (Å²) in [5.41, 5.74) is 2.86. The molecule has 0 unspecified atom stereocenters. The second-order valence-corrected chi connectivity index (χ2v) is 6.67. The van der Waals surface area contributed by atoms with E-state index in [2.05, 4.69) is 20.3 Å². The lowest BCUT2D eigenvalue weighted by Crippen LogP contribution is -2.31. The maximum atomic E-state index is 12.7. The third kappa shape index (κ3) is 4.16. The van der Waals surface area contributed by atoms with Crippen LogP contribution in [0.5, 0.6) is 0 Å². The Bertz CT molecular complexity index is 1060. The molecule has 1 aliphatic rings. The van der Waals surface area contributed by atoms with Gasteiger partial charge in [0.05, 0.1) is 18.2 Å². The standard InChI is InChI=1S/C21H19N7O/c22-13-28(17-4-5-17)20(23)15-2-1-3-16(10-15)27-21(29)18-11-14(6-7-25-18)19-12-24-8-9-26-19/h1-3,6-13,17,22-23H,4-5H2,(H,27,29). The molecule has 3 N–H and O–H groups in total. The Balaban J connectivity index is 1.52. The van der Waals surface area contributed by atoms with E-state index in [-0.39, 0.29) is 23.5 Å². The Morgan fingerprint density at radius 3 is 2.72 bits per heavy atom. The number of nitrogens with zero attached hydrogens (tertiary/aromatic N) is 4. The van der Waals surface area contributed by atoms with E-state index in [1.54, 1.807) is 66.1 Å². The minimum atomic E-state index is -0.356. The number of amidine groups is 1. The van der Waals surface area contributed by atoms with Crippen molar-refractivity contribution in [2.24, 2.45) is 0 Å². The molecule has 1 aliphatic carbocycles. The summed E-state index contributed by atoms with van der Waals surface area (Å²) in [6.45, 7) is 0. The molecule has 8 heteroatoms. The monoisotopic (exact) mass is 385 g/mol. The van der Waals surface area contributed by atoms with Gasteiger partial charge in [-0.05, 0) is 37.1 Å². The number of pyridine rings is 1. The third-order valence-electron chi connectivity index (χ3n) is 4.58. The number of aromatic nitrogens is 3.